The molecule has 198 valence electrons. The van der Waals surface area contributed by atoms with E-state index in [1.807, 2.05) is 48.5 Å². The molecule has 1 fully saturated rings. The average molecular weight is 522 g/mol. The molecule has 0 spiro atoms. The van der Waals surface area contributed by atoms with Crippen molar-refractivity contribution in [2.75, 3.05) is 13.2 Å². The number of carbonyl (C=O) groups excluding carboxylic acids is 2. The van der Waals surface area contributed by atoms with Crippen molar-refractivity contribution in [3.8, 4) is 16.9 Å². The van der Waals surface area contributed by atoms with Gasteiger partial charge in [-0.15, -0.1) is 0 Å². The molecule has 7 heteroatoms. The first-order valence-electron chi connectivity index (χ1n) is 13.3. The van der Waals surface area contributed by atoms with E-state index in [1.54, 1.807) is 6.92 Å². The standard InChI is InChI=1S/C32H31N3O4/c1-2-38-28(36)20-33-32(37)30-31(39-21-23-9-5-3-6-10-23)29(26-17-18-26)34-27(35-30)19-22-13-15-25(16-14-22)24-11-7-4-8-12-24/h3-16,26H,2,17-21H2,1H3,(H,33,37). The summed E-state index contributed by atoms with van der Waals surface area (Å²) in [6, 6.07) is 28.2. The summed E-state index contributed by atoms with van der Waals surface area (Å²) in [6.07, 6.45) is 2.42. The van der Waals surface area contributed by atoms with Gasteiger partial charge in [0.1, 0.15) is 19.0 Å². The van der Waals surface area contributed by atoms with E-state index < -0.39 is 11.9 Å². The zero-order chi connectivity index (χ0) is 27.0. The van der Waals surface area contributed by atoms with Crippen LogP contribution in [0.25, 0.3) is 11.1 Å². The molecule has 4 aromatic rings. The highest BCUT2D eigenvalue weighted by Gasteiger charge is 2.33. The SMILES string of the molecule is CCOC(=O)CNC(=O)c1nc(Cc2ccc(-c3ccccc3)cc2)nc(C2CC2)c1OCc1ccccc1. The maximum Gasteiger partial charge on any atom is 0.325 e. The Morgan fingerprint density at radius 3 is 2.18 bits per heavy atom. The third-order valence-corrected chi connectivity index (χ3v) is 6.47. The van der Waals surface area contributed by atoms with Crippen LogP contribution in [0.4, 0.5) is 0 Å². The van der Waals surface area contributed by atoms with Crippen LogP contribution in [-0.2, 0) is 22.6 Å². The lowest BCUT2D eigenvalue weighted by Crippen LogP contribution is -2.32. The van der Waals surface area contributed by atoms with E-state index >= 15 is 0 Å². The van der Waals surface area contributed by atoms with Crippen molar-refractivity contribution in [2.45, 2.75) is 38.7 Å². The van der Waals surface area contributed by atoms with Crippen LogP contribution in [0.2, 0.25) is 0 Å². The van der Waals surface area contributed by atoms with Crippen LogP contribution >= 0.6 is 0 Å². The molecule has 1 aliphatic carbocycles. The minimum atomic E-state index is -0.507. The molecule has 7 nitrogen and oxygen atoms in total. The fraction of sp³-hybridized carbons (Fsp3) is 0.250. The van der Waals surface area contributed by atoms with E-state index in [4.69, 9.17) is 14.5 Å². The number of amides is 1. The molecule has 0 radical (unpaired) electrons. The molecular formula is C32H31N3O4. The first kappa shape index (κ1) is 26.1. The molecular weight excluding hydrogens is 490 g/mol. The van der Waals surface area contributed by atoms with Crippen molar-refractivity contribution in [3.05, 3.63) is 113 Å². The molecule has 0 aliphatic heterocycles. The molecule has 0 saturated heterocycles. The van der Waals surface area contributed by atoms with Gasteiger partial charge in [-0.25, -0.2) is 9.97 Å². The molecule has 1 heterocycles. The normalized spacial score (nSPS) is 12.5. The summed E-state index contributed by atoms with van der Waals surface area (Å²) < 4.78 is 11.2. The lowest BCUT2D eigenvalue weighted by Gasteiger charge is -2.16. The quantitative estimate of drug-likeness (QED) is 0.263. The molecule has 1 amide bonds. The maximum atomic E-state index is 13.3. The smallest absolute Gasteiger partial charge is 0.325 e. The highest BCUT2D eigenvalue weighted by atomic mass is 16.5. The zero-order valence-electron chi connectivity index (χ0n) is 21.9. The number of aromatic nitrogens is 2. The van der Waals surface area contributed by atoms with Crippen molar-refractivity contribution in [3.63, 3.8) is 0 Å². The van der Waals surface area contributed by atoms with Crippen LogP contribution in [0.5, 0.6) is 5.75 Å². The van der Waals surface area contributed by atoms with Gasteiger partial charge in [0.25, 0.3) is 5.91 Å². The fourth-order valence-electron chi connectivity index (χ4n) is 4.33. The highest BCUT2D eigenvalue weighted by molar-refractivity contribution is 5.97. The molecule has 0 atom stereocenters. The number of rotatable bonds is 11. The molecule has 1 aromatic heterocycles. The van der Waals surface area contributed by atoms with E-state index in [2.05, 4.69) is 46.7 Å². The summed E-state index contributed by atoms with van der Waals surface area (Å²) >= 11 is 0. The van der Waals surface area contributed by atoms with Gasteiger partial charge in [0, 0.05) is 12.3 Å². The van der Waals surface area contributed by atoms with Crippen molar-refractivity contribution >= 4 is 11.9 Å². The number of hydrogen-bond donors (Lipinski definition) is 1. The van der Waals surface area contributed by atoms with Crippen molar-refractivity contribution < 1.29 is 19.1 Å². The molecule has 0 bridgehead atoms. The number of benzene rings is 3. The summed E-state index contributed by atoms with van der Waals surface area (Å²) in [5.41, 5.74) is 5.17. The van der Waals surface area contributed by atoms with Crippen LogP contribution in [0.3, 0.4) is 0 Å². The average Bonchev–Trinajstić information content (AvgIpc) is 3.82. The summed E-state index contributed by atoms with van der Waals surface area (Å²) in [7, 11) is 0. The number of esters is 1. The lowest BCUT2D eigenvalue weighted by atomic mass is 10.0. The van der Waals surface area contributed by atoms with Gasteiger partial charge in [-0.2, -0.15) is 0 Å². The van der Waals surface area contributed by atoms with E-state index in [0.717, 1.165) is 40.8 Å². The number of nitrogens with one attached hydrogen (secondary N) is 1. The Hall–Kier alpha value is -4.52. The van der Waals surface area contributed by atoms with Crippen LogP contribution < -0.4 is 10.1 Å². The maximum absolute atomic E-state index is 13.3. The summed E-state index contributed by atoms with van der Waals surface area (Å²) in [4.78, 5) is 34.7. The minimum Gasteiger partial charge on any atom is -0.484 e. The zero-order valence-corrected chi connectivity index (χ0v) is 21.9. The van der Waals surface area contributed by atoms with Gasteiger partial charge >= 0.3 is 5.97 Å². The molecule has 0 unspecified atom stereocenters. The second-order valence-corrected chi connectivity index (χ2v) is 9.48. The Morgan fingerprint density at radius 1 is 0.846 bits per heavy atom. The lowest BCUT2D eigenvalue weighted by molar-refractivity contribution is -0.141. The van der Waals surface area contributed by atoms with Gasteiger partial charge in [-0.1, -0.05) is 84.9 Å². The second kappa shape index (κ2) is 12.3. The van der Waals surface area contributed by atoms with E-state index in [0.29, 0.717) is 18.0 Å². The third kappa shape index (κ3) is 6.87. The topological polar surface area (TPSA) is 90.4 Å². The van der Waals surface area contributed by atoms with Crippen LogP contribution in [-0.4, -0.2) is 35.0 Å². The van der Waals surface area contributed by atoms with Crippen LogP contribution in [0.1, 0.15) is 58.8 Å². The van der Waals surface area contributed by atoms with Gasteiger partial charge < -0.3 is 14.8 Å². The van der Waals surface area contributed by atoms with E-state index in [-0.39, 0.29) is 31.4 Å². The molecule has 1 N–H and O–H groups in total. The van der Waals surface area contributed by atoms with Gasteiger partial charge in [0.15, 0.2) is 11.4 Å². The van der Waals surface area contributed by atoms with Gasteiger partial charge in [0.05, 0.1) is 12.3 Å². The van der Waals surface area contributed by atoms with Crippen LogP contribution in [0, 0.1) is 0 Å². The largest absolute Gasteiger partial charge is 0.484 e. The number of hydrogen-bond acceptors (Lipinski definition) is 6. The number of ether oxygens (including phenoxy) is 2. The summed E-state index contributed by atoms with van der Waals surface area (Å²) in [5, 5.41) is 2.64. The molecule has 3 aromatic carbocycles. The predicted molar refractivity (Wildman–Crippen MR) is 148 cm³/mol. The van der Waals surface area contributed by atoms with Gasteiger partial charge in [0.2, 0.25) is 0 Å². The van der Waals surface area contributed by atoms with Gasteiger partial charge in [-0.05, 0) is 42.0 Å². The summed E-state index contributed by atoms with van der Waals surface area (Å²) in [5.74, 6) is 0.141. The van der Waals surface area contributed by atoms with Crippen molar-refractivity contribution in [1.29, 1.82) is 0 Å². The number of nitrogens with zero attached hydrogens (tertiary/aromatic N) is 2. The monoisotopic (exact) mass is 521 g/mol. The first-order chi connectivity index (χ1) is 19.1. The Balaban J connectivity index is 1.43. The Kier molecular flexibility index (Phi) is 8.26. The molecule has 1 saturated carbocycles. The third-order valence-electron chi connectivity index (χ3n) is 6.47. The molecule has 1 aliphatic rings. The Morgan fingerprint density at radius 2 is 1.51 bits per heavy atom. The van der Waals surface area contributed by atoms with Crippen molar-refractivity contribution in [2.24, 2.45) is 0 Å². The highest BCUT2D eigenvalue weighted by Crippen LogP contribution is 2.44. The number of carbonyl (C=O) groups is 2. The van der Waals surface area contributed by atoms with Crippen molar-refractivity contribution in [1.82, 2.24) is 15.3 Å². The predicted octanol–water partition coefficient (Wildman–Crippen LogP) is 5.48. The fourth-order valence-corrected chi connectivity index (χ4v) is 4.33. The van der Waals surface area contributed by atoms with Gasteiger partial charge in [-0.3, -0.25) is 9.59 Å². The van der Waals surface area contributed by atoms with E-state index in [9.17, 15) is 9.59 Å². The Labute approximate surface area is 228 Å². The first-order valence-corrected chi connectivity index (χ1v) is 13.3. The van der Waals surface area contributed by atoms with E-state index in [1.165, 1.54) is 0 Å². The van der Waals surface area contributed by atoms with Crippen LogP contribution in [0.15, 0.2) is 84.9 Å². The minimum absolute atomic E-state index is 0.142. The summed E-state index contributed by atoms with van der Waals surface area (Å²) in [6.45, 7) is 2.00. The molecule has 5 rings (SSSR count). The second-order valence-electron chi connectivity index (χ2n) is 9.48. The Bertz CT molecular complexity index is 1420. The molecule has 39 heavy (non-hydrogen) atoms.